The van der Waals surface area contributed by atoms with Gasteiger partial charge in [-0.25, -0.2) is 9.97 Å². The number of hydrogen-bond acceptors (Lipinski definition) is 3. The second-order valence-corrected chi connectivity index (χ2v) is 6.74. The molecule has 2 aromatic carbocycles. The van der Waals surface area contributed by atoms with Crippen molar-refractivity contribution >= 4 is 11.6 Å². The van der Waals surface area contributed by atoms with E-state index in [0.29, 0.717) is 5.95 Å². The van der Waals surface area contributed by atoms with Gasteiger partial charge in [0.05, 0.1) is 5.69 Å². The van der Waals surface area contributed by atoms with E-state index in [2.05, 4.69) is 75.7 Å². The molecule has 0 amide bonds. The summed E-state index contributed by atoms with van der Waals surface area (Å²) >= 11 is 0. The zero-order valence-corrected chi connectivity index (χ0v) is 15.5. The molecular weight excluding hydrogens is 332 g/mol. The molecular formula is C23H22N4. The molecule has 4 rings (SSSR count). The van der Waals surface area contributed by atoms with Crippen molar-refractivity contribution in [3.8, 4) is 11.3 Å². The largest absolute Gasteiger partial charge is 0.359 e. The van der Waals surface area contributed by atoms with Crippen molar-refractivity contribution in [1.29, 1.82) is 0 Å². The Hall–Kier alpha value is -3.40. The van der Waals surface area contributed by atoms with Gasteiger partial charge in [-0.3, -0.25) is 0 Å². The number of aryl methyl sites for hydroxylation is 2. The highest BCUT2D eigenvalue weighted by molar-refractivity contribution is 5.65. The van der Waals surface area contributed by atoms with E-state index in [0.717, 1.165) is 40.4 Å². The van der Waals surface area contributed by atoms with Gasteiger partial charge in [0.25, 0.3) is 0 Å². The summed E-state index contributed by atoms with van der Waals surface area (Å²) in [4.78, 5) is 12.6. The molecule has 0 saturated carbocycles. The molecule has 4 aromatic rings. The van der Waals surface area contributed by atoms with Crippen molar-refractivity contribution in [2.75, 3.05) is 5.32 Å². The normalized spacial score (nSPS) is 10.7. The highest BCUT2D eigenvalue weighted by atomic mass is 15.1. The third-order valence-electron chi connectivity index (χ3n) is 4.42. The van der Waals surface area contributed by atoms with E-state index in [9.17, 15) is 0 Å². The maximum Gasteiger partial charge on any atom is 0.227 e. The van der Waals surface area contributed by atoms with Gasteiger partial charge in [-0.1, -0.05) is 42.5 Å². The second kappa shape index (κ2) is 7.46. The average Bonchev–Trinajstić information content (AvgIpc) is 3.09. The maximum atomic E-state index is 4.68. The number of aromatic nitrogens is 3. The molecule has 0 spiro atoms. The number of H-pyrrole nitrogens is 1. The Balaban J connectivity index is 1.52. The first kappa shape index (κ1) is 17.0. The molecule has 2 aromatic heterocycles. The number of nitrogens with zero attached hydrogens (tertiary/aromatic N) is 2. The lowest BCUT2D eigenvalue weighted by Gasteiger charge is -2.09. The quantitative estimate of drug-likeness (QED) is 0.503. The third kappa shape index (κ3) is 4.23. The lowest BCUT2D eigenvalue weighted by molar-refractivity contribution is 1.01. The lowest BCUT2D eigenvalue weighted by Crippen LogP contribution is -2.02. The number of anilines is 2. The standard InChI is InChI=1S/C23H22N4/c1-16-8-13-22(24-16)19-9-11-20(12-10-19)26-23-25-17(2)14-21(27-23)15-18-6-4-3-5-7-18/h3-14,24H,15H2,1-2H3,(H,25,26,27). The molecule has 2 N–H and O–H groups in total. The van der Waals surface area contributed by atoms with Crippen LogP contribution in [0.5, 0.6) is 0 Å². The van der Waals surface area contributed by atoms with Crippen LogP contribution in [0.1, 0.15) is 22.6 Å². The molecule has 0 atom stereocenters. The highest BCUT2D eigenvalue weighted by Crippen LogP contribution is 2.22. The van der Waals surface area contributed by atoms with Crippen LogP contribution in [0.2, 0.25) is 0 Å². The van der Waals surface area contributed by atoms with Crippen LogP contribution in [0.3, 0.4) is 0 Å². The fraction of sp³-hybridized carbons (Fsp3) is 0.130. The van der Waals surface area contributed by atoms with Gasteiger partial charge in [0.2, 0.25) is 5.95 Å². The summed E-state index contributed by atoms with van der Waals surface area (Å²) in [5, 5.41) is 3.32. The number of hydrogen-bond donors (Lipinski definition) is 2. The molecule has 2 heterocycles. The van der Waals surface area contributed by atoms with Gasteiger partial charge in [-0.2, -0.15) is 0 Å². The van der Waals surface area contributed by atoms with Gasteiger partial charge < -0.3 is 10.3 Å². The van der Waals surface area contributed by atoms with Crippen molar-refractivity contribution in [1.82, 2.24) is 15.0 Å². The molecule has 0 fully saturated rings. The van der Waals surface area contributed by atoms with Gasteiger partial charge in [-0.05, 0) is 55.3 Å². The molecule has 0 aliphatic rings. The summed E-state index contributed by atoms with van der Waals surface area (Å²) < 4.78 is 0. The third-order valence-corrected chi connectivity index (χ3v) is 4.42. The molecule has 0 bridgehead atoms. The summed E-state index contributed by atoms with van der Waals surface area (Å²) in [5.41, 5.74) is 7.61. The second-order valence-electron chi connectivity index (χ2n) is 6.74. The zero-order valence-electron chi connectivity index (χ0n) is 15.5. The summed E-state index contributed by atoms with van der Waals surface area (Å²) in [6, 6.07) is 24.9. The van der Waals surface area contributed by atoms with Gasteiger partial charge in [0.15, 0.2) is 0 Å². The van der Waals surface area contributed by atoms with Crippen LogP contribution in [-0.2, 0) is 6.42 Å². The van der Waals surface area contributed by atoms with Crippen LogP contribution < -0.4 is 5.32 Å². The molecule has 0 unspecified atom stereocenters. The SMILES string of the molecule is Cc1cc(Cc2ccccc2)nc(Nc2ccc(-c3ccc(C)[nH]3)cc2)n1. The number of benzene rings is 2. The predicted molar refractivity (Wildman–Crippen MR) is 110 cm³/mol. The van der Waals surface area contributed by atoms with Crippen LogP contribution in [-0.4, -0.2) is 15.0 Å². The minimum Gasteiger partial charge on any atom is -0.359 e. The molecule has 27 heavy (non-hydrogen) atoms. The first-order valence-corrected chi connectivity index (χ1v) is 9.07. The Morgan fingerprint density at radius 1 is 0.852 bits per heavy atom. The minimum absolute atomic E-state index is 0.629. The van der Waals surface area contributed by atoms with E-state index >= 15 is 0 Å². The monoisotopic (exact) mass is 354 g/mol. The number of aromatic amines is 1. The van der Waals surface area contributed by atoms with Crippen LogP contribution in [0.4, 0.5) is 11.6 Å². The zero-order chi connectivity index (χ0) is 18.6. The molecule has 0 aliphatic carbocycles. The van der Waals surface area contributed by atoms with Crippen molar-refractivity contribution in [3.05, 3.63) is 95.4 Å². The average molecular weight is 354 g/mol. The van der Waals surface area contributed by atoms with Crippen LogP contribution >= 0.6 is 0 Å². The molecule has 0 saturated heterocycles. The highest BCUT2D eigenvalue weighted by Gasteiger charge is 2.05. The smallest absolute Gasteiger partial charge is 0.227 e. The minimum atomic E-state index is 0.629. The fourth-order valence-corrected chi connectivity index (χ4v) is 3.12. The maximum absolute atomic E-state index is 4.68. The van der Waals surface area contributed by atoms with E-state index in [1.54, 1.807) is 0 Å². The van der Waals surface area contributed by atoms with Crippen molar-refractivity contribution in [3.63, 3.8) is 0 Å². The van der Waals surface area contributed by atoms with E-state index in [1.807, 2.05) is 31.2 Å². The van der Waals surface area contributed by atoms with E-state index < -0.39 is 0 Å². The number of nitrogens with one attached hydrogen (secondary N) is 2. The predicted octanol–water partition coefficient (Wildman–Crippen LogP) is 5.42. The van der Waals surface area contributed by atoms with Gasteiger partial charge in [0, 0.05) is 29.2 Å². The number of rotatable bonds is 5. The first-order chi connectivity index (χ1) is 13.2. The Morgan fingerprint density at radius 2 is 1.63 bits per heavy atom. The summed E-state index contributed by atoms with van der Waals surface area (Å²) in [6.45, 7) is 4.06. The van der Waals surface area contributed by atoms with Crippen LogP contribution in [0.25, 0.3) is 11.3 Å². The first-order valence-electron chi connectivity index (χ1n) is 9.07. The van der Waals surface area contributed by atoms with Crippen LogP contribution in [0.15, 0.2) is 72.8 Å². The fourth-order valence-electron chi connectivity index (χ4n) is 3.12. The Labute approximate surface area is 159 Å². The lowest BCUT2D eigenvalue weighted by atomic mass is 10.1. The van der Waals surface area contributed by atoms with Crippen molar-refractivity contribution < 1.29 is 0 Å². The summed E-state index contributed by atoms with van der Waals surface area (Å²) in [5.74, 6) is 0.629. The molecule has 4 heteroatoms. The van der Waals surface area contributed by atoms with E-state index in [4.69, 9.17) is 0 Å². The van der Waals surface area contributed by atoms with E-state index in [-0.39, 0.29) is 0 Å². The summed E-state index contributed by atoms with van der Waals surface area (Å²) in [6.07, 6.45) is 0.796. The Kier molecular flexibility index (Phi) is 4.71. The van der Waals surface area contributed by atoms with Gasteiger partial charge >= 0.3 is 0 Å². The summed E-state index contributed by atoms with van der Waals surface area (Å²) in [7, 11) is 0. The Morgan fingerprint density at radius 3 is 2.33 bits per heavy atom. The van der Waals surface area contributed by atoms with Gasteiger partial charge in [0.1, 0.15) is 0 Å². The van der Waals surface area contributed by atoms with Crippen molar-refractivity contribution in [2.24, 2.45) is 0 Å². The Bertz CT molecular complexity index is 1030. The molecule has 4 nitrogen and oxygen atoms in total. The topological polar surface area (TPSA) is 53.6 Å². The van der Waals surface area contributed by atoms with Crippen molar-refractivity contribution in [2.45, 2.75) is 20.3 Å². The molecule has 134 valence electrons. The molecule has 0 aliphatic heterocycles. The van der Waals surface area contributed by atoms with E-state index in [1.165, 1.54) is 5.56 Å². The van der Waals surface area contributed by atoms with Gasteiger partial charge in [-0.15, -0.1) is 0 Å². The van der Waals surface area contributed by atoms with Crippen LogP contribution in [0, 0.1) is 13.8 Å². The molecule has 0 radical (unpaired) electrons.